The minimum absolute atomic E-state index is 0.0164. The molecule has 1 heterocycles. The van der Waals surface area contributed by atoms with E-state index in [1.165, 1.54) is 27.8 Å². The highest BCUT2D eigenvalue weighted by Gasteiger charge is 2.29. The van der Waals surface area contributed by atoms with Crippen LogP contribution in [-0.4, -0.2) is 35.0 Å². The summed E-state index contributed by atoms with van der Waals surface area (Å²) in [6.45, 7) is 7.38. The molecule has 0 aromatic heterocycles. The third-order valence-electron chi connectivity index (χ3n) is 7.17. The molecule has 5 heteroatoms. The minimum atomic E-state index is -0.886. The molecule has 0 radical (unpaired) electrons. The van der Waals surface area contributed by atoms with E-state index in [0.29, 0.717) is 12.3 Å². The Kier molecular flexibility index (Phi) is 7.84. The van der Waals surface area contributed by atoms with Crippen LogP contribution in [0, 0.1) is 19.8 Å². The fourth-order valence-corrected chi connectivity index (χ4v) is 5.11. The lowest BCUT2D eigenvalue weighted by molar-refractivity contribution is -0.138. The highest BCUT2D eigenvalue weighted by molar-refractivity contribution is 5.83. The summed E-state index contributed by atoms with van der Waals surface area (Å²) >= 11 is 0. The molecule has 1 aliphatic carbocycles. The van der Waals surface area contributed by atoms with E-state index in [9.17, 15) is 9.59 Å². The molecule has 0 amide bonds. The van der Waals surface area contributed by atoms with E-state index in [2.05, 4.69) is 61.2 Å². The smallest absolute Gasteiger partial charge is 0.311 e. The molecular formula is C29H35NO4. The normalized spacial score (nSPS) is 16.5. The Morgan fingerprint density at radius 3 is 2.44 bits per heavy atom. The second-order valence-electron chi connectivity index (χ2n) is 9.83. The van der Waals surface area contributed by atoms with Gasteiger partial charge in [-0.1, -0.05) is 36.4 Å². The number of carbonyl (C=O) groups excluding carboxylic acids is 1. The number of ether oxygens (including phenoxy) is 1. The fourth-order valence-electron chi connectivity index (χ4n) is 5.11. The number of hydrogen-bond donors (Lipinski definition) is 1. The van der Waals surface area contributed by atoms with E-state index >= 15 is 0 Å². The van der Waals surface area contributed by atoms with Gasteiger partial charge in [-0.25, -0.2) is 0 Å². The molecule has 1 saturated heterocycles. The first-order valence-corrected chi connectivity index (χ1v) is 12.4. The summed E-state index contributed by atoms with van der Waals surface area (Å²) in [7, 11) is 0. The highest BCUT2D eigenvalue weighted by Crippen LogP contribution is 2.40. The van der Waals surface area contributed by atoms with Gasteiger partial charge in [0.2, 0.25) is 0 Å². The van der Waals surface area contributed by atoms with E-state index in [1.54, 1.807) is 0 Å². The van der Waals surface area contributed by atoms with Crippen molar-refractivity contribution in [3.63, 3.8) is 0 Å². The van der Waals surface area contributed by atoms with Gasteiger partial charge in [0, 0.05) is 24.9 Å². The van der Waals surface area contributed by atoms with Crippen LogP contribution >= 0.6 is 0 Å². The van der Waals surface area contributed by atoms with Crippen molar-refractivity contribution in [3.8, 4) is 0 Å². The molecule has 5 nitrogen and oxygen atoms in total. The Hall–Kier alpha value is -2.92. The van der Waals surface area contributed by atoms with E-state index in [0.717, 1.165) is 56.6 Å². The summed E-state index contributed by atoms with van der Waals surface area (Å²) < 4.78 is 5.91. The van der Waals surface area contributed by atoms with Crippen LogP contribution in [0.2, 0.25) is 0 Å². The van der Waals surface area contributed by atoms with Crippen molar-refractivity contribution in [3.05, 3.63) is 75.9 Å². The van der Waals surface area contributed by atoms with Crippen LogP contribution in [0.5, 0.6) is 0 Å². The summed E-state index contributed by atoms with van der Waals surface area (Å²) in [6, 6.07) is 15.0. The predicted molar refractivity (Wildman–Crippen MR) is 133 cm³/mol. The molecule has 0 spiro atoms. The summed E-state index contributed by atoms with van der Waals surface area (Å²) in [5.41, 5.74) is 7.28. The summed E-state index contributed by atoms with van der Waals surface area (Å²) in [5, 5.41) is 8.86. The molecule has 1 N–H and O–H groups in total. The van der Waals surface area contributed by atoms with Gasteiger partial charge in [-0.3, -0.25) is 14.5 Å². The lowest BCUT2D eigenvalue weighted by Gasteiger charge is -2.32. The third kappa shape index (κ3) is 6.15. The number of likely N-dealkylation sites (tertiary alicyclic amines) is 1. The minimum Gasteiger partial charge on any atom is -0.481 e. The Balaban J connectivity index is 1.42. The van der Waals surface area contributed by atoms with Gasteiger partial charge in [-0.2, -0.15) is 0 Å². The SMILES string of the molecule is Cc1cc2c(cc1C)C(OC(=O)CCCC(=O)O)=C(CC1CCN(Cc3ccccc3)CC1)C2. The Morgan fingerprint density at radius 2 is 1.74 bits per heavy atom. The molecule has 0 unspecified atom stereocenters. The van der Waals surface area contributed by atoms with E-state index in [-0.39, 0.29) is 18.8 Å². The van der Waals surface area contributed by atoms with Crippen molar-refractivity contribution in [2.24, 2.45) is 5.92 Å². The lowest BCUT2D eigenvalue weighted by atomic mass is 9.89. The largest absolute Gasteiger partial charge is 0.481 e. The van der Waals surface area contributed by atoms with Crippen LogP contribution in [0.3, 0.4) is 0 Å². The topological polar surface area (TPSA) is 66.8 Å². The number of carboxylic acid groups (broad SMARTS) is 1. The van der Waals surface area contributed by atoms with Crippen LogP contribution in [0.4, 0.5) is 0 Å². The van der Waals surface area contributed by atoms with Crippen LogP contribution in [-0.2, 0) is 27.3 Å². The molecule has 34 heavy (non-hydrogen) atoms. The second kappa shape index (κ2) is 11.0. The second-order valence-corrected chi connectivity index (χ2v) is 9.83. The average Bonchev–Trinajstić information content (AvgIpc) is 3.11. The molecule has 2 aliphatic rings. The number of benzene rings is 2. The summed E-state index contributed by atoms with van der Waals surface area (Å²) in [4.78, 5) is 25.9. The maximum Gasteiger partial charge on any atom is 0.311 e. The Labute approximate surface area is 202 Å². The van der Waals surface area contributed by atoms with E-state index < -0.39 is 5.97 Å². The Morgan fingerprint density at radius 1 is 1.03 bits per heavy atom. The van der Waals surface area contributed by atoms with Crippen LogP contribution in [0.25, 0.3) is 5.76 Å². The first kappa shape index (κ1) is 24.2. The van der Waals surface area contributed by atoms with Gasteiger partial charge in [0.05, 0.1) is 0 Å². The molecule has 4 rings (SSSR count). The third-order valence-corrected chi connectivity index (χ3v) is 7.17. The van der Waals surface area contributed by atoms with Gasteiger partial charge >= 0.3 is 11.9 Å². The number of hydrogen-bond acceptors (Lipinski definition) is 4. The molecule has 2 aromatic rings. The van der Waals surface area contributed by atoms with Crippen molar-refractivity contribution >= 4 is 17.7 Å². The fraction of sp³-hybridized carbons (Fsp3) is 0.448. The van der Waals surface area contributed by atoms with Gasteiger partial charge in [0.1, 0.15) is 5.76 Å². The molecule has 0 bridgehead atoms. The van der Waals surface area contributed by atoms with Crippen molar-refractivity contribution in [1.82, 2.24) is 4.90 Å². The van der Waals surface area contributed by atoms with Crippen LogP contribution in [0.15, 0.2) is 48.0 Å². The van der Waals surface area contributed by atoms with Crippen molar-refractivity contribution in [2.45, 2.75) is 65.3 Å². The molecule has 180 valence electrons. The molecule has 0 atom stereocenters. The van der Waals surface area contributed by atoms with Crippen molar-refractivity contribution in [1.29, 1.82) is 0 Å². The van der Waals surface area contributed by atoms with Crippen molar-refractivity contribution in [2.75, 3.05) is 13.1 Å². The quantitative estimate of drug-likeness (QED) is 0.487. The summed E-state index contributed by atoms with van der Waals surface area (Å²) in [5.74, 6) is 0.0884. The van der Waals surface area contributed by atoms with Gasteiger partial charge in [0.25, 0.3) is 0 Å². The standard InChI is InChI=1S/C29H35NO4/c1-20-15-24-18-25(17-22-11-13-30(14-12-22)19-23-7-4-3-5-8-23)29(26(24)16-21(20)2)34-28(33)10-6-9-27(31)32/h3-5,7-8,15-16,22H,6,9-14,17-19H2,1-2H3,(H,31,32). The number of carbonyl (C=O) groups is 2. The average molecular weight is 462 g/mol. The van der Waals surface area contributed by atoms with Gasteiger partial charge in [-0.05, 0) is 98.9 Å². The number of rotatable bonds is 9. The van der Waals surface area contributed by atoms with Gasteiger partial charge < -0.3 is 9.84 Å². The number of carboxylic acids is 1. The first-order valence-electron chi connectivity index (χ1n) is 12.4. The van der Waals surface area contributed by atoms with E-state index in [1.807, 2.05) is 0 Å². The zero-order chi connectivity index (χ0) is 24.1. The first-order chi connectivity index (χ1) is 16.4. The number of nitrogens with zero attached hydrogens (tertiary/aromatic N) is 1. The number of aryl methyl sites for hydroxylation is 2. The van der Waals surface area contributed by atoms with Crippen LogP contribution in [0.1, 0.15) is 66.3 Å². The highest BCUT2D eigenvalue weighted by atomic mass is 16.5. The number of allylic oxidation sites excluding steroid dienone is 1. The molecule has 0 saturated carbocycles. The maximum atomic E-state index is 12.5. The van der Waals surface area contributed by atoms with E-state index in [4.69, 9.17) is 9.84 Å². The zero-order valence-corrected chi connectivity index (χ0v) is 20.3. The molecule has 1 fully saturated rings. The molecule has 1 aliphatic heterocycles. The molecular weight excluding hydrogens is 426 g/mol. The van der Waals surface area contributed by atoms with Crippen molar-refractivity contribution < 1.29 is 19.4 Å². The monoisotopic (exact) mass is 461 g/mol. The maximum absolute atomic E-state index is 12.5. The zero-order valence-electron chi connectivity index (χ0n) is 20.3. The number of aliphatic carboxylic acids is 1. The van der Waals surface area contributed by atoms with Gasteiger partial charge in [-0.15, -0.1) is 0 Å². The number of piperidine rings is 1. The number of esters is 1. The predicted octanol–water partition coefficient (Wildman–Crippen LogP) is 5.67. The number of fused-ring (bicyclic) bond motifs is 1. The van der Waals surface area contributed by atoms with Crippen LogP contribution < -0.4 is 0 Å². The van der Waals surface area contributed by atoms with Gasteiger partial charge in [0.15, 0.2) is 0 Å². The Bertz CT molecular complexity index is 1070. The summed E-state index contributed by atoms with van der Waals surface area (Å²) in [6.07, 6.45) is 4.48. The lowest BCUT2D eigenvalue weighted by Crippen LogP contribution is -2.33. The molecule has 2 aromatic carbocycles.